The maximum absolute atomic E-state index is 5.24. The van der Waals surface area contributed by atoms with E-state index in [0.29, 0.717) is 12.0 Å². The Bertz CT molecular complexity index is 759. The summed E-state index contributed by atoms with van der Waals surface area (Å²) in [4.78, 5) is 0. The third-order valence-corrected chi connectivity index (χ3v) is 5.48. The van der Waals surface area contributed by atoms with Gasteiger partial charge in [-0.15, -0.1) is 0 Å². The van der Waals surface area contributed by atoms with Gasteiger partial charge in [-0.3, -0.25) is 0 Å². The van der Waals surface area contributed by atoms with Crippen LogP contribution in [0.25, 0.3) is 0 Å². The highest BCUT2D eigenvalue weighted by Gasteiger charge is 2.15. The number of hydrogen-bond donors (Lipinski definition) is 1. The van der Waals surface area contributed by atoms with Crippen LogP contribution in [0.15, 0.2) is 84.9 Å². The quantitative estimate of drug-likeness (QED) is 0.542. The number of ether oxygens (including phenoxy) is 1. The molecule has 0 aliphatic rings. The number of hydrogen-bond acceptors (Lipinski definition) is 1. The van der Waals surface area contributed by atoms with Crippen molar-refractivity contribution in [3.8, 4) is 5.75 Å². The number of benzene rings is 3. The summed E-state index contributed by atoms with van der Waals surface area (Å²) in [5.74, 6) is 1.39. The zero-order chi connectivity index (χ0) is 19.6. The minimum Gasteiger partial charge on any atom is -0.497 e. The minimum absolute atomic E-state index is 0.465. The normalized spacial score (nSPS) is 12.1. The molecule has 0 spiro atoms. The third kappa shape index (κ3) is 5.97. The van der Waals surface area contributed by atoms with Gasteiger partial charge < -0.3 is 10.1 Å². The zero-order valence-corrected chi connectivity index (χ0v) is 17.1. The summed E-state index contributed by atoms with van der Waals surface area (Å²) in [6.45, 7) is 3.47. The van der Waals surface area contributed by atoms with Crippen molar-refractivity contribution in [1.29, 1.82) is 0 Å². The molecule has 3 aromatic rings. The Morgan fingerprint density at radius 2 is 1.32 bits per heavy atom. The summed E-state index contributed by atoms with van der Waals surface area (Å²) < 4.78 is 5.24. The summed E-state index contributed by atoms with van der Waals surface area (Å²) in [6, 6.07) is 30.9. The van der Waals surface area contributed by atoms with Crippen molar-refractivity contribution < 1.29 is 10.1 Å². The van der Waals surface area contributed by atoms with Crippen LogP contribution in [0, 0.1) is 0 Å². The second-order valence-corrected chi connectivity index (χ2v) is 7.55. The Hall–Kier alpha value is -2.58. The predicted octanol–water partition coefficient (Wildman–Crippen LogP) is 4.80. The second kappa shape index (κ2) is 10.7. The van der Waals surface area contributed by atoms with E-state index in [9.17, 15) is 0 Å². The Morgan fingerprint density at radius 1 is 0.750 bits per heavy atom. The molecule has 0 radical (unpaired) electrons. The summed E-state index contributed by atoms with van der Waals surface area (Å²) in [7, 11) is 1.71. The van der Waals surface area contributed by atoms with Crippen molar-refractivity contribution in [2.24, 2.45) is 0 Å². The van der Waals surface area contributed by atoms with Gasteiger partial charge in [-0.1, -0.05) is 72.8 Å². The highest BCUT2D eigenvalue weighted by atomic mass is 16.5. The van der Waals surface area contributed by atoms with Gasteiger partial charge in [-0.2, -0.15) is 0 Å². The molecule has 1 atom stereocenters. The van der Waals surface area contributed by atoms with Crippen LogP contribution in [0.1, 0.15) is 42.4 Å². The van der Waals surface area contributed by atoms with E-state index in [0.717, 1.165) is 25.1 Å². The van der Waals surface area contributed by atoms with Gasteiger partial charge in [0, 0.05) is 18.8 Å². The molecule has 0 aliphatic heterocycles. The van der Waals surface area contributed by atoms with Gasteiger partial charge >= 0.3 is 0 Å². The van der Waals surface area contributed by atoms with Crippen LogP contribution in [0.4, 0.5) is 0 Å². The van der Waals surface area contributed by atoms with Crippen LogP contribution < -0.4 is 10.1 Å². The van der Waals surface area contributed by atoms with Crippen LogP contribution in [0.5, 0.6) is 5.75 Å². The topological polar surface area (TPSA) is 25.8 Å². The zero-order valence-electron chi connectivity index (χ0n) is 17.1. The molecule has 0 saturated heterocycles. The fourth-order valence-corrected chi connectivity index (χ4v) is 3.75. The van der Waals surface area contributed by atoms with E-state index in [1.807, 2.05) is 12.1 Å². The Labute approximate surface area is 169 Å². The van der Waals surface area contributed by atoms with E-state index in [1.165, 1.54) is 23.1 Å². The molecule has 0 aromatic heterocycles. The van der Waals surface area contributed by atoms with Crippen molar-refractivity contribution in [3.63, 3.8) is 0 Å². The molecular formula is C26H32NO+. The van der Waals surface area contributed by atoms with E-state index in [1.54, 1.807) is 7.11 Å². The summed E-state index contributed by atoms with van der Waals surface area (Å²) in [5, 5.41) is 2.50. The summed E-state index contributed by atoms with van der Waals surface area (Å²) in [6.07, 6.45) is 3.46. The molecule has 0 fully saturated rings. The standard InChI is InChI=1S/C26H31NO/c1-21(13-14-22-15-17-25(28-2)18-16-22)27-20-19-26(23-9-5-3-6-10-23)24-11-7-4-8-12-24/h3-12,15-18,21,26-27H,13-14,19-20H2,1-2H3/p+1/t21-/m0/s1. The van der Waals surface area contributed by atoms with Gasteiger partial charge in [0.1, 0.15) is 5.75 Å². The third-order valence-electron chi connectivity index (χ3n) is 5.48. The van der Waals surface area contributed by atoms with Crippen molar-refractivity contribution >= 4 is 0 Å². The van der Waals surface area contributed by atoms with Gasteiger partial charge in [-0.05, 0) is 42.2 Å². The molecule has 0 unspecified atom stereocenters. The lowest BCUT2D eigenvalue weighted by Crippen LogP contribution is -2.89. The monoisotopic (exact) mass is 374 g/mol. The molecule has 28 heavy (non-hydrogen) atoms. The van der Waals surface area contributed by atoms with Crippen LogP contribution in [-0.2, 0) is 6.42 Å². The molecule has 146 valence electrons. The largest absolute Gasteiger partial charge is 0.497 e. The number of rotatable bonds is 10. The fraction of sp³-hybridized carbons (Fsp3) is 0.308. The molecule has 0 bridgehead atoms. The summed E-state index contributed by atoms with van der Waals surface area (Å²) >= 11 is 0. The van der Waals surface area contributed by atoms with E-state index >= 15 is 0 Å². The number of methoxy groups -OCH3 is 1. The van der Waals surface area contributed by atoms with E-state index < -0.39 is 0 Å². The Kier molecular flexibility index (Phi) is 7.69. The average Bonchev–Trinajstić information content (AvgIpc) is 2.77. The molecular weight excluding hydrogens is 342 g/mol. The first-order valence-corrected chi connectivity index (χ1v) is 10.3. The van der Waals surface area contributed by atoms with Crippen molar-refractivity contribution in [2.75, 3.05) is 13.7 Å². The summed E-state index contributed by atoms with van der Waals surface area (Å²) in [5.41, 5.74) is 4.20. The van der Waals surface area contributed by atoms with Gasteiger partial charge in [0.15, 0.2) is 0 Å². The SMILES string of the molecule is COc1ccc(CC[C@H](C)[NH2+]CCC(c2ccccc2)c2ccccc2)cc1. The van der Waals surface area contributed by atoms with Gasteiger partial charge in [-0.25, -0.2) is 0 Å². The first-order valence-electron chi connectivity index (χ1n) is 10.3. The highest BCUT2D eigenvalue weighted by Crippen LogP contribution is 2.27. The van der Waals surface area contributed by atoms with Crippen molar-refractivity contribution in [3.05, 3.63) is 102 Å². The second-order valence-electron chi connectivity index (χ2n) is 7.55. The highest BCUT2D eigenvalue weighted by molar-refractivity contribution is 5.32. The van der Waals surface area contributed by atoms with E-state index in [2.05, 4.69) is 85.0 Å². The smallest absolute Gasteiger partial charge is 0.118 e. The molecule has 0 heterocycles. The van der Waals surface area contributed by atoms with Gasteiger partial charge in [0.05, 0.1) is 19.7 Å². The van der Waals surface area contributed by atoms with E-state index in [4.69, 9.17) is 4.74 Å². The predicted molar refractivity (Wildman–Crippen MR) is 117 cm³/mol. The first kappa shape index (κ1) is 20.2. The van der Waals surface area contributed by atoms with Crippen LogP contribution in [0.2, 0.25) is 0 Å². The number of nitrogens with two attached hydrogens (primary N) is 1. The van der Waals surface area contributed by atoms with Crippen molar-refractivity contribution in [1.82, 2.24) is 0 Å². The van der Waals surface area contributed by atoms with Crippen LogP contribution in [0.3, 0.4) is 0 Å². The molecule has 2 heteroatoms. The molecule has 3 aromatic carbocycles. The van der Waals surface area contributed by atoms with Crippen LogP contribution >= 0.6 is 0 Å². The Balaban J connectivity index is 1.50. The maximum Gasteiger partial charge on any atom is 0.118 e. The first-order chi connectivity index (χ1) is 13.8. The number of quaternary nitrogens is 1. The maximum atomic E-state index is 5.24. The lowest BCUT2D eigenvalue weighted by molar-refractivity contribution is -0.687. The van der Waals surface area contributed by atoms with E-state index in [-0.39, 0.29) is 0 Å². The molecule has 0 saturated carbocycles. The van der Waals surface area contributed by atoms with Gasteiger partial charge in [0.2, 0.25) is 0 Å². The molecule has 0 aliphatic carbocycles. The van der Waals surface area contributed by atoms with Gasteiger partial charge in [0.25, 0.3) is 0 Å². The molecule has 2 N–H and O–H groups in total. The Morgan fingerprint density at radius 3 is 1.86 bits per heavy atom. The minimum atomic E-state index is 0.465. The number of aryl methyl sites for hydroxylation is 1. The van der Waals surface area contributed by atoms with Crippen LogP contribution in [-0.4, -0.2) is 19.7 Å². The fourth-order valence-electron chi connectivity index (χ4n) is 3.75. The van der Waals surface area contributed by atoms with Crippen molar-refractivity contribution in [2.45, 2.75) is 38.1 Å². The lowest BCUT2D eigenvalue weighted by atomic mass is 9.88. The molecule has 3 rings (SSSR count). The lowest BCUT2D eigenvalue weighted by Gasteiger charge is -2.19. The molecule has 0 amide bonds. The molecule has 2 nitrogen and oxygen atoms in total. The average molecular weight is 375 g/mol.